The van der Waals surface area contributed by atoms with Gasteiger partial charge >= 0.3 is 0 Å². The fourth-order valence-electron chi connectivity index (χ4n) is 2.83. The Morgan fingerprint density at radius 2 is 2.00 bits per heavy atom. The van der Waals surface area contributed by atoms with Crippen molar-refractivity contribution in [3.05, 3.63) is 52.5 Å². The maximum absolute atomic E-state index is 9.69. The molecular weight excluding hydrogens is 340 g/mol. The lowest BCUT2D eigenvalue weighted by molar-refractivity contribution is 0.415. The molecule has 3 aromatic rings. The highest BCUT2D eigenvalue weighted by atomic mass is 79.9. The van der Waals surface area contributed by atoms with Crippen LogP contribution in [0.25, 0.3) is 22.2 Å². The van der Waals surface area contributed by atoms with Crippen molar-refractivity contribution >= 4 is 26.8 Å². The lowest BCUT2D eigenvalue weighted by Gasteiger charge is -2.10. The molecule has 0 atom stereocenters. The average Bonchev–Trinajstić information content (AvgIpc) is 2.87. The van der Waals surface area contributed by atoms with Crippen LogP contribution in [-0.2, 0) is 6.54 Å². The zero-order valence-electron chi connectivity index (χ0n) is 12.4. The van der Waals surface area contributed by atoms with E-state index in [1.165, 1.54) is 0 Å². The quantitative estimate of drug-likeness (QED) is 0.665. The summed E-state index contributed by atoms with van der Waals surface area (Å²) in [5.74, 6) is 0.794. The Kier molecular flexibility index (Phi) is 3.91. The predicted molar refractivity (Wildman–Crippen MR) is 92.0 cm³/mol. The van der Waals surface area contributed by atoms with Crippen molar-refractivity contribution in [2.75, 3.05) is 7.11 Å². The minimum Gasteiger partial charge on any atom is -0.497 e. The number of aromatic nitrogens is 1. The number of nitrogens with zero attached hydrogens (tertiary/aromatic N) is 2. The van der Waals surface area contributed by atoms with E-state index in [4.69, 9.17) is 4.74 Å². The summed E-state index contributed by atoms with van der Waals surface area (Å²) < 4.78 is 8.47. The maximum atomic E-state index is 9.69. The van der Waals surface area contributed by atoms with Crippen LogP contribution in [0, 0.1) is 11.3 Å². The molecule has 110 valence electrons. The molecule has 3 rings (SSSR count). The van der Waals surface area contributed by atoms with Crippen molar-refractivity contribution in [2.45, 2.75) is 13.5 Å². The molecule has 2 aromatic carbocycles. The Morgan fingerprint density at radius 3 is 2.64 bits per heavy atom. The minimum absolute atomic E-state index is 0.700. The maximum Gasteiger partial charge on any atom is 0.120 e. The van der Waals surface area contributed by atoms with E-state index in [9.17, 15) is 5.26 Å². The number of halogens is 1. The molecule has 0 saturated heterocycles. The number of ether oxygens (including phenoxy) is 1. The molecule has 0 aliphatic heterocycles. The topological polar surface area (TPSA) is 38.0 Å². The van der Waals surface area contributed by atoms with Gasteiger partial charge in [0.05, 0.1) is 23.9 Å². The smallest absolute Gasteiger partial charge is 0.120 e. The van der Waals surface area contributed by atoms with E-state index < -0.39 is 0 Å². The standard InChI is InChI=1S/C18H15BrN2O/c1-3-21-17-10-12(22-2)8-9-13(17)15(11-20)18(21)14-6-4-5-7-16(14)19/h4-10H,3H2,1-2H3. The van der Waals surface area contributed by atoms with E-state index in [-0.39, 0.29) is 0 Å². The first-order valence-corrected chi connectivity index (χ1v) is 7.85. The number of hydrogen-bond acceptors (Lipinski definition) is 2. The molecule has 0 unspecified atom stereocenters. The Bertz CT molecular complexity index is 890. The number of methoxy groups -OCH3 is 1. The van der Waals surface area contributed by atoms with Crippen LogP contribution in [0.1, 0.15) is 12.5 Å². The second-order valence-corrected chi connectivity index (χ2v) is 5.80. The minimum atomic E-state index is 0.700. The van der Waals surface area contributed by atoms with Gasteiger partial charge in [-0.3, -0.25) is 0 Å². The Balaban J connectivity index is 2.44. The molecule has 0 bridgehead atoms. The zero-order valence-corrected chi connectivity index (χ0v) is 14.0. The number of fused-ring (bicyclic) bond motifs is 1. The fourth-order valence-corrected chi connectivity index (χ4v) is 3.30. The normalized spacial score (nSPS) is 10.6. The van der Waals surface area contributed by atoms with Gasteiger partial charge in [0.25, 0.3) is 0 Å². The molecule has 4 heteroatoms. The van der Waals surface area contributed by atoms with Crippen molar-refractivity contribution in [3.8, 4) is 23.1 Å². The first-order chi connectivity index (χ1) is 10.7. The largest absolute Gasteiger partial charge is 0.497 e. The van der Waals surface area contributed by atoms with Gasteiger partial charge in [-0.1, -0.05) is 34.1 Å². The van der Waals surface area contributed by atoms with Gasteiger partial charge in [-0.05, 0) is 25.1 Å². The van der Waals surface area contributed by atoms with Crippen molar-refractivity contribution in [1.82, 2.24) is 4.57 Å². The third-order valence-electron chi connectivity index (χ3n) is 3.83. The summed E-state index contributed by atoms with van der Waals surface area (Å²) in [7, 11) is 1.65. The van der Waals surface area contributed by atoms with Crippen molar-refractivity contribution in [2.24, 2.45) is 0 Å². The van der Waals surface area contributed by atoms with Gasteiger partial charge in [-0.2, -0.15) is 5.26 Å². The molecule has 0 N–H and O–H groups in total. The number of aryl methyl sites for hydroxylation is 1. The second-order valence-electron chi connectivity index (χ2n) is 4.94. The van der Waals surface area contributed by atoms with Crippen LogP contribution in [0.3, 0.4) is 0 Å². The number of hydrogen-bond donors (Lipinski definition) is 0. The number of nitriles is 1. The Morgan fingerprint density at radius 1 is 1.23 bits per heavy atom. The molecule has 0 saturated carbocycles. The summed E-state index contributed by atoms with van der Waals surface area (Å²) in [5, 5.41) is 10.6. The van der Waals surface area contributed by atoms with E-state index in [1.54, 1.807) is 7.11 Å². The lowest BCUT2D eigenvalue weighted by atomic mass is 10.1. The van der Waals surface area contributed by atoms with Gasteiger partial charge in [0.15, 0.2) is 0 Å². The van der Waals surface area contributed by atoms with Crippen LogP contribution >= 0.6 is 15.9 Å². The average molecular weight is 355 g/mol. The Labute approximate surface area is 137 Å². The SMILES string of the molecule is CCn1c(-c2ccccc2Br)c(C#N)c2ccc(OC)cc21. The van der Waals surface area contributed by atoms with Gasteiger partial charge in [0.1, 0.15) is 11.8 Å². The van der Waals surface area contributed by atoms with E-state index in [0.717, 1.165) is 38.9 Å². The van der Waals surface area contributed by atoms with E-state index in [2.05, 4.69) is 33.5 Å². The summed E-state index contributed by atoms with van der Waals surface area (Å²) >= 11 is 3.60. The second kappa shape index (κ2) is 5.86. The first kappa shape index (κ1) is 14.7. The van der Waals surface area contributed by atoms with Crippen molar-refractivity contribution in [3.63, 3.8) is 0 Å². The summed E-state index contributed by atoms with van der Waals surface area (Å²) in [5.41, 5.74) is 3.69. The highest BCUT2D eigenvalue weighted by molar-refractivity contribution is 9.10. The fraction of sp³-hybridized carbons (Fsp3) is 0.167. The number of benzene rings is 2. The molecule has 0 radical (unpaired) electrons. The summed E-state index contributed by atoms with van der Waals surface area (Å²) in [6.07, 6.45) is 0. The molecule has 0 fully saturated rings. The number of rotatable bonds is 3. The summed E-state index contributed by atoms with van der Waals surface area (Å²) in [4.78, 5) is 0. The van der Waals surface area contributed by atoms with E-state index >= 15 is 0 Å². The van der Waals surface area contributed by atoms with E-state index in [1.807, 2.05) is 42.5 Å². The molecule has 1 heterocycles. The van der Waals surface area contributed by atoms with Crippen LogP contribution in [0.4, 0.5) is 0 Å². The van der Waals surface area contributed by atoms with Gasteiger partial charge in [-0.15, -0.1) is 0 Å². The third kappa shape index (κ3) is 2.18. The highest BCUT2D eigenvalue weighted by Gasteiger charge is 2.19. The zero-order chi connectivity index (χ0) is 15.7. The highest BCUT2D eigenvalue weighted by Crippen LogP contribution is 2.38. The molecule has 0 aliphatic carbocycles. The Hall–Kier alpha value is -2.25. The van der Waals surface area contributed by atoms with Crippen LogP contribution in [0.2, 0.25) is 0 Å². The van der Waals surface area contributed by atoms with Gasteiger partial charge in [0.2, 0.25) is 0 Å². The predicted octanol–water partition coefficient (Wildman–Crippen LogP) is 4.97. The summed E-state index contributed by atoms with van der Waals surface area (Å²) in [6.45, 7) is 2.86. The molecule has 3 nitrogen and oxygen atoms in total. The van der Waals surface area contributed by atoms with Gasteiger partial charge < -0.3 is 9.30 Å². The molecule has 0 aliphatic rings. The summed E-state index contributed by atoms with van der Waals surface area (Å²) in [6, 6.07) is 16.2. The van der Waals surface area contributed by atoms with Crippen molar-refractivity contribution in [1.29, 1.82) is 5.26 Å². The molecular formula is C18H15BrN2O. The van der Waals surface area contributed by atoms with Gasteiger partial charge in [0, 0.05) is 28.0 Å². The van der Waals surface area contributed by atoms with E-state index in [0.29, 0.717) is 5.56 Å². The monoisotopic (exact) mass is 354 g/mol. The third-order valence-corrected chi connectivity index (χ3v) is 4.52. The molecule has 0 amide bonds. The molecule has 22 heavy (non-hydrogen) atoms. The van der Waals surface area contributed by atoms with Crippen LogP contribution < -0.4 is 4.74 Å². The first-order valence-electron chi connectivity index (χ1n) is 7.06. The lowest BCUT2D eigenvalue weighted by Crippen LogP contribution is -1.98. The van der Waals surface area contributed by atoms with Crippen LogP contribution in [0.5, 0.6) is 5.75 Å². The van der Waals surface area contributed by atoms with Crippen LogP contribution in [-0.4, -0.2) is 11.7 Å². The van der Waals surface area contributed by atoms with Gasteiger partial charge in [-0.25, -0.2) is 0 Å². The molecule has 1 aromatic heterocycles. The van der Waals surface area contributed by atoms with Crippen molar-refractivity contribution < 1.29 is 4.74 Å². The molecule has 0 spiro atoms. The van der Waals surface area contributed by atoms with Crippen LogP contribution in [0.15, 0.2) is 46.9 Å².